The molecule has 0 amide bonds. The van der Waals surface area contributed by atoms with Crippen molar-refractivity contribution >= 4 is 0 Å². The van der Waals surface area contributed by atoms with Gasteiger partial charge in [0.15, 0.2) is 0 Å². The van der Waals surface area contributed by atoms with Crippen molar-refractivity contribution in [3.63, 3.8) is 0 Å². The van der Waals surface area contributed by atoms with Crippen molar-refractivity contribution in [1.29, 1.82) is 0 Å². The first-order valence-corrected chi connectivity index (χ1v) is 6.07. The second-order valence-corrected chi connectivity index (χ2v) is 4.05. The summed E-state index contributed by atoms with van der Waals surface area (Å²) in [7, 11) is 0. The monoisotopic (exact) mass is 252 g/mol. The van der Waals surface area contributed by atoms with Gasteiger partial charge >= 0.3 is 0 Å². The van der Waals surface area contributed by atoms with Gasteiger partial charge < -0.3 is 5.21 Å². The molecule has 1 N–H and O–H groups in total. The Morgan fingerprint density at radius 1 is 0.842 bits per heavy atom. The van der Waals surface area contributed by atoms with E-state index in [9.17, 15) is 0 Å². The highest BCUT2D eigenvalue weighted by Crippen LogP contribution is 2.17. The van der Waals surface area contributed by atoms with Crippen LogP contribution in [0.3, 0.4) is 0 Å². The molecule has 0 spiro atoms. The maximum atomic E-state index is 8.61. The van der Waals surface area contributed by atoms with Crippen molar-refractivity contribution < 1.29 is 5.21 Å². The predicted molar refractivity (Wildman–Crippen MR) is 76.0 cm³/mol. The first-order valence-electron chi connectivity index (χ1n) is 6.07. The Morgan fingerprint density at radius 2 is 1.32 bits per heavy atom. The fourth-order valence-corrected chi connectivity index (χ4v) is 1.63. The summed E-state index contributed by atoms with van der Waals surface area (Å²) in [6.07, 6.45) is 3.02. The van der Waals surface area contributed by atoms with Crippen LogP contribution in [0.5, 0.6) is 0 Å². The third-order valence-electron chi connectivity index (χ3n) is 2.68. The summed E-state index contributed by atoms with van der Waals surface area (Å²) in [4.78, 5) is 3.73. The summed E-state index contributed by atoms with van der Waals surface area (Å²) in [5.41, 5.74) is 2.55. The Hall–Kier alpha value is -2.55. The Labute approximate surface area is 112 Å². The molecule has 0 atom stereocenters. The molecule has 3 aromatic rings. The van der Waals surface area contributed by atoms with Crippen molar-refractivity contribution in [2.45, 2.75) is 6.92 Å². The number of aromatic nitrogens is 2. The first-order chi connectivity index (χ1) is 9.27. The first kappa shape index (κ1) is 12.9. The lowest BCUT2D eigenvalue weighted by Crippen LogP contribution is -1.89. The molecule has 0 aliphatic rings. The SMILES string of the molecule is Cc1nccn1O.c1ccc(-c2ccccc2)cc1. The van der Waals surface area contributed by atoms with Gasteiger partial charge in [0.2, 0.25) is 0 Å². The van der Waals surface area contributed by atoms with Crippen molar-refractivity contribution in [1.82, 2.24) is 9.71 Å². The van der Waals surface area contributed by atoms with Gasteiger partial charge in [0.05, 0.1) is 6.20 Å². The van der Waals surface area contributed by atoms with Crippen LogP contribution in [0, 0.1) is 6.92 Å². The quantitative estimate of drug-likeness (QED) is 0.669. The zero-order valence-corrected chi connectivity index (χ0v) is 10.8. The van der Waals surface area contributed by atoms with Crippen LogP contribution in [0.2, 0.25) is 0 Å². The molecule has 3 heteroatoms. The van der Waals surface area contributed by atoms with E-state index < -0.39 is 0 Å². The van der Waals surface area contributed by atoms with E-state index in [4.69, 9.17) is 5.21 Å². The fourth-order valence-electron chi connectivity index (χ4n) is 1.63. The highest BCUT2D eigenvalue weighted by Gasteiger charge is 1.91. The van der Waals surface area contributed by atoms with Crippen LogP contribution >= 0.6 is 0 Å². The van der Waals surface area contributed by atoms with Crippen molar-refractivity contribution in [2.24, 2.45) is 0 Å². The zero-order chi connectivity index (χ0) is 13.5. The maximum Gasteiger partial charge on any atom is 0.141 e. The molecule has 0 aliphatic heterocycles. The van der Waals surface area contributed by atoms with Crippen LogP contribution in [-0.4, -0.2) is 14.9 Å². The smallest absolute Gasteiger partial charge is 0.141 e. The molecule has 1 heterocycles. The fraction of sp³-hybridized carbons (Fsp3) is 0.0625. The molecule has 2 aromatic carbocycles. The summed E-state index contributed by atoms with van der Waals surface area (Å²) in [6.45, 7) is 1.72. The molecule has 0 bridgehead atoms. The number of benzene rings is 2. The van der Waals surface area contributed by atoms with E-state index in [0.717, 1.165) is 4.73 Å². The van der Waals surface area contributed by atoms with Crippen LogP contribution in [0.4, 0.5) is 0 Å². The number of nitrogens with zero attached hydrogens (tertiary/aromatic N) is 2. The summed E-state index contributed by atoms with van der Waals surface area (Å²) in [5.74, 6) is 0.611. The minimum Gasteiger partial charge on any atom is -0.427 e. The molecule has 1 aromatic heterocycles. The van der Waals surface area contributed by atoms with Crippen LogP contribution in [0.25, 0.3) is 11.1 Å². The third-order valence-corrected chi connectivity index (χ3v) is 2.68. The van der Waals surface area contributed by atoms with Crippen molar-refractivity contribution in [2.75, 3.05) is 0 Å². The minimum absolute atomic E-state index is 0.611. The van der Waals surface area contributed by atoms with E-state index in [1.54, 1.807) is 6.92 Å². The molecular weight excluding hydrogens is 236 g/mol. The molecule has 0 fully saturated rings. The lowest BCUT2D eigenvalue weighted by molar-refractivity contribution is 0.179. The van der Waals surface area contributed by atoms with Crippen molar-refractivity contribution in [3.05, 3.63) is 78.9 Å². The van der Waals surface area contributed by atoms with E-state index >= 15 is 0 Å². The minimum atomic E-state index is 0.611. The largest absolute Gasteiger partial charge is 0.427 e. The number of rotatable bonds is 1. The molecule has 3 nitrogen and oxygen atoms in total. The summed E-state index contributed by atoms with van der Waals surface area (Å²) < 4.78 is 0.972. The van der Waals surface area contributed by atoms with E-state index in [0.29, 0.717) is 5.82 Å². The Kier molecular flexibility index (Phi) is 4.34. The molecule has 0 aliphatic carbocycles. The van der Waals surface area contributed by atoms with Gasteiger partial charge in [-0.1, -0.05) is 60.7 Å². The number of imidazole rings is 1. The maximum absolute atomic E-state index is 8.61. The Morgan fingerprint density at radius 3 is 1.58 bits per heavy atom. The molecular formula is C16H16N2O. The van der Waals surface area contributed by atoms with Gasteiger partial charge in [-0.15, -0.1) is 0 Å². The Bertz CT molecular complexity index is 549. The molecule has 0 saturated heterocycles. The topological polar surface area (TPSA) is 38.0 Å². The average molecular weight is 252 g/mol. The normalized spacial score (nSPS) is 9.53. The molecule has 3 rings (SSSR count). The van der Waals surface area contributed by atoms with E-state index in [1.807, 2.05) is 12.1 Å². The highest BCUT2D eigenvalue weighted by molar-refractivity contribution is 5.62. The van der Waals surface area contributed by atoms with E-state index in [2.05, 4.69) is 53.5 Å². The van der Waals surface area contributed by atoms with Gasteiger partial charge in [0.25, 0.3) is 0 Å². The molecule has 96 valence electrons. The molecule has 0 unspecified atom stereocenters. The van der Waals surface area contributed by atoms with Crippen LogP contribution < -0.4 is 0 Å². The lowest BCUT2D eigenvalue weighted by Gasteiger charge is -1.98. The highest BCUT2D eigenvalue weighted by atomic mass is 16.5. The third kappa shape index (κ3) is 3.71. The van der Waals surface area contributed by atoms with Crippen LogP contribution in [-0.2, 0) is 0 Å². The van der Waals surface area contributed by atoms with Gasteiger partial charge in [0.1, 0.15) is 5.82 Å². The van der Waals surface area contributed by atoms with E-state index in [-0.39, 0.29) is 0 Å². The van der Waals surface area contributed by atoms with Gasteiger partial charge in [-0.3, -0.25) is 0 Å². The number of aryl methyl sites for hydroxylation is 1. The van der Waals surface area contributed by atoms with Gasteiger partial charge in [-0.25, -0.2) is 4.98 Å². The summed E-state index contributed by atoms with van der Waals surface area (Å²) >= 11 is 0. The molecule has 0 radical (unpaired) electrons. The second kappa shape index (κ2) is 6.40. The van der Waals surface area contributed by atoms with Gasteiger partial charge in [-0.05, 0) is 18.1 Å². The molecule has 19 heavy (non-hydrogen) atoms. The molecule has 0 saturated carbocycles. The standard InChI is InChI=1S/C12H10.C4H6N2O/c1-3-7-11(8-4-1)12-9-5-2-6-10-12;1-4-5-2-3-6(4)7/h1-10H;2-3,7H,1H3. The zero-order valence-electron chi connectivity index (χ0n) is 10.8. The van der Waals surface area contributed by atoms with Crippen LogP contribution in [0.15, 0.2) is 73.1 Å². The Balaban J connectivity index is 0.000000163. The predicted octanol–water partition coefficient (Wildman–Crippen LogP) is 3.78. The van der Waals surface area contributed by atoms with Crippen molar-refractivity contribution in [3.8, 4) is 11.1 Å². The summed E-state index contributed by atoms with van der Waals surface area (Å²) in [5, 5.41) is 8.61. The second-order valence-electron chi connectivity index (χ2n) is 4.05. The van der Waals surface area contributed by atoms with Gasteiger partial charge in [0, 0.05) is 6.20 Å². The van der Waals surface area contributed by atoms with Crippen LogP contribution in [0.1, 0.15) is 5.82 Å². The van der Waals surface area contributed by atoms with E-state index in [1.165, 1.54) is 23.5 Å². The number of hydrogen-bond donors (Lipinski definition) is 1. The summed E-state index contributed by atoms with van der Waals surface area (Å²) in [6, 6.07) is 20.8. The average Bonchev–Trinajstić information content (AvgIpc) is 2.85. The lowest BCUT2D eigenvalue weighted by atomic mass is 10.1. The number of hydrogen-bond acceptors (Lipinski definition) is 2. The van der Waals surface area contributed by atoms with Gasteiger partial charge in [-0.2, -0.15) is 4.73 Å².